The Kier molecular flexibility index (Phi) is 5.50. The number of hydrogen-bond donors (Lipinski definition) is 3. The van der Waals surface area contributed by atoms with Crippen LogP contribution in [0, 0.1) is 0 Å². The van der Waals surface area contributed by atoms with Crippen molar-refractivity contribution in [3.63, 3.8) is 0 Å². The number of nitrogens with two attached hydrogens (primary N) is 1. The molecule has 0 unspecified atom stereocenters. The van der Waals surface area contributed by atoms with Crippen LogP contribution < -0.4 is 16.4 Å². The molecule has 104 valence electrons. The van der Waals surface area contributed by atoms with Crippen LogP contribution in [0.4, 0.5) is 5.69 Å². The van der Waals surface area contributed by atoms with Crippen LogP contribution in [0.15, 0.2) is 28.7 Å². The summed E-state index contributed by atoms with van der Waals surface area (Å²) in [7, 11) is 0. The van der Waals surface area contributed by atoms with Gasteiger partial charge in [-0.3, -0.25) is 9.59 Å². The first-order valence-corrected chi connectivity index (χ1v) is 6.67. The monoisotopic (exact) mass is 327 g/mol. The zero-order valence-corrected chi connectivity index (χ0v) is 12.6. The number of para-hydroxylation sites is 1. The van der Waals surface area contributed by atoms with Crippen molar-refractivity contribution >= 4 is 33.4 Å². The maximum Gasteiger partial charge on any atom is 0.238 e. The molecule has 5 nitrogen and oxygen atoms in total. The number of primary amides is 1. The van der Waals surface area contributed by atoms with Gasteiger partial charge in [0.2, 0.25) is 11.8 Å². The number of amides is 2. The fraction of sp³-hybridized carbons (Fsp3) is 0.385. The zero-order valence-electron chi connectivity index (χ0n) is 11.0. The van der Waals surface area contributed by atoms with Gasteiger partial charge in [0.15, 0.2) is 0 Å². The standard InChI is InChI=1S/C13H18BrN3O2/c1-13(2,7-11(15)18)16-8-12(19)17-10-6-4-3-5-9(10)14/h3-6,16H,7-8H2,1-2H3,(H2,15,18)(H,17,19). The number of halogens is 1. The van der Waals surface area contributed by atoms with E-state index in [-0.39, 0.29) is 18.9 Å². The van der Waals surface area contributed by atoms with Crippen molar-refractivity contribution in [2.75, 3.05) is 11.9 Å². The molecule has 2 amide bonds. The molecular weight excluding hydrogens is 310 g/mol. The van der Waals surface area contributed by atoms with Crippen molar-refractivity contribution in [1.82, 2.24) is 5.32 Å². The minimum atomic E-state index is -0.503. The van der Waals surface area contributed by atoms with E-state index in [4.69, 9.17) is 5.73 Å². The highest BCUT2D eigenvalue weighted by atomic mass is 79.9. The Morgan fingerprint density at radius 2 is 1.95 bits per heavy atom. The van der Waals surface area contributed by atoms with Crippen molar-refractivity contribution in [1.29, 1.82) is 0 Å². The van der Waals surface area contributed by atoms with Gasteiger partial charge in [0.25, 0.3) is 0 Å². The molecule has 0 radical (unpaired) electrons. The van der Waals surface area contributed by atoms with E-state index in [1.165, 1.54) is 0 Å². The third-order valence-corrected chi connectivity index (χ3v) is 3.18. The summed E-state index contributed by atoms with van der Waals surface area (Å²) in [6.45, 7) is 3.76. The summed E-state index contributed by atoms with van der Waals surface area (Å²) < 4.78 is 0.819. The van der Waals surface area contributed by atoms with Gasteiger partial charge >= 0.3 is 0 Å². The topological polar surface area (TPSA) is 84.2 Å². The summed E-state index contributed by atoms with van der Waals surface area (Å²) in [6, 6.07) is 7.36. The summed E-state index contributed by atoms with van der Waals surface area (Å²) >= 11 is 3.35. The molecule has 0 fully saturated rings. The van der Waals surface area contributed by atoms with E-state index < -0.39 is 11.4 Å². The number of carbonyl (C=O) groups is 2. The highest BCUT2D eigenvalue weighted by molar-refractivity contribution is 9.10. The van der Waals surface area contributed by atoms with Crippen molar-refractivity contribution in [3.05, 3.63) is 28.7 Å². The van der Waals surface area contributed by atoms with E-state index in [9.17, 15) is 9.59 Å². The van der Waals surface area contributed by atoms with Crippen LogP contribution in [0.1, 0.15) is 20.3 Å². The van der Waals surface area contributed by atoms with Crippen molar-refractivity contribution < 1.29 is 9.59 Å². The Morgan fingerprint density at radius 3 is 2.53 bits per heavy atom. The van der Waals surface area contributed by atoms with Crippen LogP contribution in [-0.4, -0.2) is 23.9 Å². The second-order valence-electron chi connectivity index (χ2n) is 4.91. The van der Waals surface area contributed by atoms with E-state index in [2.05, 4.69) is 26.6 Å². The second kappa shape index (κ2) is 6.68. The Balaban J connectivity index is 2.49. The zero-order chi connectivity index (χ0) is 14.5. The first kappa shape index (κ1) is 15.7. The van der Waals surface area contributed by atoms with Gasteiger partial charge in [-0.15, -0.1) is 0 Å². The van der Waals surface area contributed by atoms with Crippen LogP contribution in [0.2, 0.25) is 0 Å². The van der Waals surface area contributed by atoms with Crippen LogP contribution in [-0.2, 0) is 9.59 Å². The summed E-state index contributed by atoms with van der Waals surface area (Å²) in [5.41, 5.74) is 5.35. The number of anilines is 1. The second-order valence-corrected chi connectivity index (χ2v) is 5.76. The lowest BCUT2D eigenvalue weighted by molar-refractivity contribution is -0.120. The molecular formula is C13H18BrN3O2. The molecule has 1 aromatic rings. The maximum atomic E-state index is 11.8. The van der Waals surface area contributed by atoms with Crippen molar-refractivity contribution in [3.8, 4) is 0 Å². The van der Waals surface area contributed by atoms with Crippen LogP contribution in [0.3, 0.4) is 0 Å². The van der Waals surface area contributed by atoms with Crippen LogP contribution >= 0.6 is 15.9 Å². The van der Waals surface area contributed by atoms with Gasteiger partial charge < -0.3 is 16.4 Å². The molecule has 4 N–H and O–H groups in total. The molecule has 1 rings (SSSR count). The molecule has 0 aliphatic rings. The molecule has 0 atom stereocenters. The molecule has 6 heteroatoms. The molecule has 1 aromatic carbocycles. The smallest absolute Gasteiger partial charge is 0.238 e. The van der Waals surface area contributed by atoms with E-state index >= 15 is 0 Å². The molecule has 0 bridgehead atoms. The Bertz CT molecular complexity index is 475. The van der Waals surface area contributed by atoms with Crippen LogP contribution in [0.25, 0.3) is 0 Å². The van der Waals surface area contributed by atoms with Gasteiger partial charge in [-0.2, -0.15) is 0 Å². The average molecular weight is 328 g/mol. The maximum absolute atomic E-state index is 11.8. The minimum Gasteiger partial charge on any atom is -0.370 e. The number of benzene rings is 1. The Morgan fingerprint density at radius 1 is 1.32 bits per heavy atom. The average Bonchev–Trinajstić information content (AvgIpc) is 2.28. The lowest BCUT2D eigenvalue weighted by Crippen LogP contribution is -2.46. The number of hydrogen-bond acceptors (Lipinski definition) is 3. The Labute approximate surface area is 121 Å². The van der Waals surface area contributed by atoms with Gasteiger partial charge in [-0.05, 0) is 41.9 Å². The highest BCUT2D eigenvalue weighted by Gasteiger charge is 2.20. The van der Waals surface area contributed by atoms with E-state index in [0.717, 1.165) is 4.47 Å². The number of carbonyl (C=O) groups excluding carboxylic acids is 2. The lowest BCUT2D eigenvalue weighted by atomic mass is 10.0. The van der Waals surface area contributed by atoms with Gasteiger partial charge in [0.05, 0.1) is 12.2 Å². The van der Waals surface area contributed by atoms with Gasteiger partial charge in [-0.1, -0.05) is 12.1 Å². The normalized spacial score (nSPS) is 11.1. The fourth-order valence-electron chi connectivity index (χ4n) is 1.57. The summed E-state index contributed by atoms with van der Waals surface area (Å²) in [6.07, 6.45) is 0.176. The third-order valence-electron chi connectivity index (χ3n) is 2.49. The lowest BCUT2D eigenvalue weighted by Gasteiger charge is -2.24. The minimum absolute atomic E-state index is 0.113. The van der Waals surface area contributed by atoms with Crippen LogP contribution in [0.5, 0.6) is 0 Å². The largest absolute Gasteiger partial charge is 0.370 e. The van der Waals surface area contributed by atoms with E-state index in [0.29, 0.717) is 5.69 Å². The van der Waals surface area contributed by atoms with Gasteiger partial charge in [0, 0.05) is 16.4 Å². The summed E-state index contributed by atoms with van der Waals surface area (Å²) in [5, 5.41) is 5.77. The van der Waals surface area contributed by atoms with E-state index in [1.54, 1.807) is 6.07 Å². The summed E-state index contributed by atoms with van der Waals surface area (Å²) in [4.78, 5) is 22.7. The Hall–Kier alpha value is -1.40. The molecule has 0 aliphatic heterocycles. The van der Waals surface area contributed by atoms with Gasteiger partial charge in [-0.25, -0.2) is 0 Å². The molecule has 0 aromatic heterocycles. The summed E-state index contributed by atoms with van der Waals surface area (Å²) in [5.74, 6) is -0.576. The number of rotatable bonds is 6. The van der Waals surface area contributed by atoms with Gasteiger partial charge in [0.1, 0.15) is 0 Å². The predicted octanol–water partition coefficient (Wildman–Crippen LogP) is 1.63. The number of nitrogens with one attached hydrogen (secondary N) is 2. The SMILES string of the molecule is CC(C)(CC(N)=O)NCC(=O)Nc1ccccc1Br. The fourth-order valence-corrected chi connectivity index (χ4v) is 1.96. The molecule has 0 saturated carbocycles. The molecule has 0 spiro atoms. The van der Waals surface area contributed by atoms with E-state index in [1.807, 2.05) is 32.0 Å². The third kappa shape index (κ3) is 5.85. The predicted molar refractivity (Wildman–Crippen MR) is 78.7 cm³/mol. The highest BCUT2D eigenvalue weighted by Crippen LogP contribution is 2.20. The first-order chi connectivity index (χ1) is 8.80. The molecule has 0 heterocycles. The van der Waals surface area contributed by atoms with Crippen molar-refractivity contribution in [2.24, 2.45) is 5.73 Å². The molecule has 19 heavy (non-hydrogen) atoms. The molecule has 0 aliphatic carbocycles. The van der Waals surface area contributed by atoms with Crippen molar-refractivity contribution in [2.45, 2.75) is 25.8 Å². The molecule has 0 saturated heterocycles. The quantitative estimate of drug-likeness (QED) is 0.742. The first-order valence-electron chi connectivity index (χ1n) is 5.88.